The molecule has 1 aromatic carbocycles. The molecule has 1 N–H and O–H groups in total. The van der Waals surface area contributed by atoms with Crippen LogP contribution in [0.2, 0.25) is 0 Å². The van der Waals surface area contributed by atoms with Gasteiger partial charge in [-0.1, -0.05) is 12.1 Å². The Morgan fingerprint density at radius 3 is 2.83 bits per heavy atom. The summed E-state index contributed by atoms with van der Waals surface area (Å²) in [7, 11) is 0. The summed E-state index contributed by atoms with van der Waals surface area (Å²) in [6, 6.07) is 11.4. The highest BCUT2D eigenvalue weighted by atomic mass is 16.2. The topological polar surface area (TPSA) is 76.9 Å². The molecular formula is C18H16N4O2. The second-order valence-corrected chi connectivity index (χ2v) is 5.83. The Kier molecular flexibility index (Phi) is 3.57. The lowest BCUT2D eigenvalue weighted by atomic mass is 9.96. The summed E-state index contributed by atoms with van der Waals surface area (Å²) in [5, 5.41) is 2.84. The maximum atomic E-state index is 12.6. The molecule has 1 atom stereocenters. The number of rotatable bonds is 3. The third kappa shape index (κ3) is 2.46. The average Bonchev–Trinajstić information content (AvgIpc) is 2.99. The molecule has 0 aliphatic carbocycles. The third-order valence-electron chi connectivity index (χ3n) is 4.32. The van der Waals surface area contributed by atoms with Gasteiger partial charge in [-0.2, -0.15) is 0 Å². The van der Waals surface area contributed by atoms with Crippen molar-refractivity contribution in [3.63, 3.8) is 0 Å². The number of para-hydroxylation sites is 2. The fourth-order valence-electron chi connectivity index (χ4n) is 3.12. The zero-order valence-electron chi connectivity index (χ0n) is 13.0. The Bertz CT molecular complexity index is 917. The van der Waals surface area contributed by atoms with Crippen LogP contribution in [-0.4, -0.2) is 26.2 Å². The van der Waals surface area contributed by atoms with E-state index in [-0.39, 0.29) is 11.7 Å². The Balaban J connectivity index is 1.63. The number of benzene rings is 1. The van der Waals surface area contributed by atoms with Crippen molar-refractivity contribution >= 4 is 22.7 Å². The van der Waals surface area contributed by atoms with Gasteiger partial charge in [0.1, 0.15) is 5.82 Å². The number of aromatic nitrogens is 3. The van der Waals surface area contributed by atoms with Crippen LogP contribution in [0.1, 0.15) is 23.7 Å². The molecule has 24 heavy (non-hydrogen) atoms. The minimum atomic E-state index is -0.840. The zero-order chi connectivity index (χ0) is 16.5. The molecule has 2 aromatic heterocycles. The van der Waals surface area contributed by atoms with E-state index >= 15 is 0 Å². The van der Waals surface area contributed by atoms with Crippen LogP contribution in [0.3, 0.4) is 0 Å². The normalized spacial score (nSPS) is 16.8. The first-order valence-electron chi connectivity index (χ1n) is 7.88. The summed E-state index contributed by atoms with van der Waals surface area (Å²) in [5.41, 5.74) is 2.72. The summed E-state index contributed by atoms with van der Waals surface area (Å²) in [6.45, 7) is 0.939. The van der Waals surface area contributed by atoms with Crippen molar-refractivity contribution < 1.29 is 9.59 Å². The van der Waals surface area contributed by atoms with Crippen LogP contribution in [0.4, 0.5) is 0 Å². The molecule has 0 bridgehead atoms. The van der Waals surface area contributed by atoms with E-state index in [9.17, 15) is 9.59 Å². The van der Waals surface area contributed by atoms with E-state index in [1.165, 1.54) is 0 Å². The number of hydrogen-bond acceptors (Lipinski definition) is 4. The van der Waals surface area contributed by atoms with Gasteiger partial charge in [0.25, 0.3) is 0 Å². The standard InChI is InChI=1S/C18H16N4O2/c23-15-7-10-22-14-4-2-1-3-13(14)21-17(22)16(15)18(24)20-11-12-5-8-19-9-6-12/h1-6,8-9,16H,7,10-11H2,(H,20,24). The van der Waals surface area contributed by atoms with Gasteiger partial charge in [-0.05, 0) is 29.8 Å². The van der Waals surface area contributed by atoms with Gasteiger partial charge < -0.3 is 9.88 Å². The summed E-state index contributed by atoms with van der Waals surface area (Å²) in [5.74, 6) is -0.675. The number of hydrogen-bond donors (Lipinski definition) is 1. The van der Waals surface area contributed by atoms with Gasteiger partial charge >= 0.3 is 0 Å². The third-order valence-corrected chi connectivity index (χ3v) is 4.32. The number of carbonyl (C=O) groups is 2. The largest absolute Gasteiger partial charge is 0.351 e. The summed E-state index contributed by atoms with van der Waals surface area (Å²) >= 11 is 0. The SMILES string of the molecule is O=C1CCn2c(nc3ccccc32)C1C(=O)NCc1ccncc1. The fraction of sp³-hybridized carbons (Fsp3) is 0.222. The van der Waals surface area contributed by atoms with E-state index in [0.29, 0.717) is 25.3 Å². The first-order valence-corrected chi connectivity index (χ1v) is 7.88. The number of carbonyl (C=O) groups excluding carboxylic acids is 2. The molecule has 1 unspecified atom stereocenters. The average molecular weight is 320 g/mol. The predicted molar refractivity (Wildman–Crippen MR) is 88.2 cm³/mol. The maximum Gasteiger partial charge on any atom is 0.238 e. The maximum absolute atomic E-state index is 12.6. The van der Waals surface area contributed by atoms with Crippen LogP contribution in [0.15, 0.2) is 48.8 Å². The lowest BCUT2D eigenvalue weighted by Gasteiger charge is -2.22. The van der Waals surface area contributed by atoms with Gasteiger partial charge in [0.2, 0.25) is 5.91 Å². The molecule has 0 spiro atoms. The molecule has 4 rings (SSSR count). The number of nitrogens with one attached hydrogen (secondary N) is 1. The predicted octanol–water partition coefficient (Wildman–Crippen LogP) is 1.80. The van der Waals surface area contributed by atoms with Crippen molar-refractivity contribution in [3.8, 4) is 0 Å². The first-order chi connectivity index (χ1) is 11.7. The Morgan fingerprint density at radius 1 is 1.21 bits per heavy atom. The van der Waals surface area contributed by atoms with Gasteiger partial charge in [0, 0.05) is 31.9 Å². The van der Waals surface area contributed by atoms with Crippen LogP contribution in [0.5, 0.6) is 0 Å². The number of fused-ring (bicyclic) bond motifs is 3. The van der Waals surface area contributed by atoms with Crippen molar-refractivity contribution in [1.82, 2.24) is 19.9 Å². The molecule has 0 saturated heterocycles. The molecule has 0 fully saturated rings. The number of amides is 1. The van der Waals surface area contributed by atoms with Crippen molar-refractivity contribution in [2.75, 3.05) is 0 Å². The number of imidazole rings is 1. The van der Waals surface area contributed by atoms with E-state index in [4.69, 9.17) is 0 Å². The minimum Gasteiger partial charge on any atom is -0.351 e. The molecule has 1 amide bonds. The lowest BCUT2D eigenvalue weighted by molar-refractivity contribution is -0.131. The fourth-order valence-corrected chi connectivity index (χ4v) is 3.12. The highest BCUT2D eigenvalue weighted by molar-refractivity contribution is 6.07. The van der Waals surface area contributed by atoms with E-state index in [2.05, 4.69) is 15.3 Å². The lowest BCUT2D eigenvalue weighted by Crippen LogP contribution is -2.38. The molecular weight excluding hydrogens is 304 g/mol. The Labute approximate surface area is 138 Å². The van der Waals surface area contributed by atoms with Gasteiger partial charge in [0.05, 0.1) is 11.0 Å². The number of pyridine rings is 1. The van der Waals surface area contributed by atoms with Crippen molar-refractivity contribution in [1.29, 1.82) is 0 Å². The molecule has 0 saturated carbocycles. The monoisotopic (exact) mass is 320 g/mol. The molecule has 3 heterocycles. The second kappa shape index (κ2) is 5.88. The quantitative estimate of drug-likeness (QED) is 0.747. The molecule has 6 heteroatoms. The smallest absolute Gasteiger partial charge is 0.238 e. The molecule has 3 aromatic rings. The number of aryl methyl sites for hydroxylation is 1. The minimum absolute atomic E-state index is 0.0787. The van der Waals surface area contributed by atoms with Gasteiger partial charge in [-0.25, -0.2) is 4.98 Å². The van der Waals surface area contributed by atoms with Crippen LogP contribution in [0.25, 0.3) is 11.0 Å². The summed E-state index contributed by atoms with van der Waals surface area (Å²) in [4.78, 5) is 33.5. The van der Waals surface area contributed by atoms with Crippen LogP contribution in [-0.2, 0) is 22.7 Å². The van der Waals surface area contributed by atoms with E-state index in [0.717, 1.165) is 16.6 Å². The number of nitrogens with zero attached hydrogens (tertiary/aromatic N) is 3. The highest BCUT2D eigenvalue weighted by Crippen LogP contribution is 2.28. The van der Waals surface area contributed by atoms with Crippen LogP contribution >= 0.6 is 0 Å². The Morgan fingerprint density at radius 2 is 2.00 bits per heavy atom. The van der Waals surface area contributed by atoms with Crippen LogP contribution < -0.4 is 5.32 Å². The summed E-state index contributed by atoms with van der Waals surface area (Å²) < 4.78 is 1.98. The Hall–Kier alpha value is -3.02. The van der Waals surface area contributed by atoms with E-state index in [1.807, 2.05) is 41.0 Å². The second-order valence-electron chi connectivity index (χ2n) is 5.83. The molecule has 120 valence electrons. The number of Topliss-reactive ketones (excluding diaryl/α,β-unsaturated/α-hetero) is 1. The first kappa shape index (κ1) is 14.6. The molecule has 0 radical (unpaired) electrons. The molecule has 6 nitrogen and oxygen atoms in total. The zero-order valence-corrected chi connectivity index (χ0v) is 13.0. The van der Waals surface area contributed by atoms with Crippen molar-refractivity contribution in [3.05, 3.63) is 60.2 Å². The summed E-state index contributed by atoms with van der Waals surface area (Å²) in [6.07, 6.45) is 3.69. The van der Waals surface area contributed by atoms with Crippen LogP contribution in [0, 0.1) is 0 Å². The van der Waals surface area contributed by atoms with E-state index < -0.39 is 5.92 Å². The molecule has 1 aliphatic heterocycles. The van der Waals surface area contributed by atoms with Crippen molar-refractivity contribution in [2.24, 2.45) is 0 Å². The van der Waals surface area contributed by atoms with Crippen molar-refractivity contribution in [2.45, 2.75) is 25.4 Å². The van der Waals surface area contributed by atoms with Gasteiger partial charge in [-0.3, -0.25) is 14.6 Å². The highest BCUT2D eigenvalue weighted by Gasteiger charge is 2.36. The van der Waals surface area contributed by atoms with Gasteiger partial charge in [-0.15, -0.1) is 0 Å². The molecule has 1 aliphatic rings. The van der Waals surface area contributed by atoms with E-state index in [1.54, 1.807) is 12.4 Å². The number of ketones is 1. The van der Waals surface area contributed by atoms with Gasteiger partial charge in [0.15, 0.2) is 11.7 Å².